The maximum Gasteiger partial charge on any atom is 0.101 e. The number of nitrogens with zero attached hydrogens (tertiary/aromatic N) is 1. The summed E-state index contributed by atoms with van der Waals surface area (Å²) in [6.45, 7) is 0. The molecule has 0 aliphatic heterocycles. The fourth-order valence-corrected chi connectivity index (χ4v) is 3.97. The van der Waals surface area contributed by atoms with E-state index in [1.54, 1.807) is 11.3 Å². The van der Waals surface area contributed by atoms with Crippen LogP contribution in [0.5, 0.6) is 0 Å². The molecule has 70 valence electrons. The second-order valence-electron chi connectivity index (χ2n) is 2.76. The molecule has 0 aliphatic rings. The van der Waals surface area contributed by atoms with E-state index in [-0.39, 0.29) is 0 Å². The van der Waals surface area contributed by atoms with E-state index in [4.69, 9.17) is 5.26 Å². The Labute approximate surface area is 108 Å². The highest BCUT2D eigenvalue weighted by molar-refractivity contribution is 14.1. The molecule has 0 unspecified atom stereocenters. The predicted octanol–water partition coefficient (Wildman–Crippen LogP) is 4.27. The Bertz CT molecular complexity index is 527. The normalized spacial score (nSPS) is 10.4. The van der Waals surface area contributed by atoms with Crippen LogP contribution in [0.15, 0.2) is 18.2 Å². The number of fused-ring (bicyclic) bond motifs is 1. The molecule has 0 saturated heterocycles. The standard InChI is InChI=1S/C10H5BrINS/c11-4-9-6(5-13)10-7(12)2-1-3-8(10)14-9/h1-3H,4H2. The lowest BCUT2D eigenvalue weighted by Gasteiger charge is -1.93. The van der Waals surface area contributed by atoms with E-state index >= 15 is 0 Å². The summed E-state index contributed by atoms with van der Waals surface area (Å²) in [5.74, 6) is 0. The van der Waals surface area contributed by atoms with Gasteiger partial charge in [-0.05, 0) is 34.7 Å². The Morgan fingerprint density at radius 3 is 2.93 bits per heavy atom. The molecule has 2 aromatic rings. The molecule has 1 heterocycles. The van der Waals surface area contributed by atoms with Gasteiger partial charge in [0.15, 0.2) is 0 Å². The molecule has 0 saturated carbocycles. The molecule has 1 nitrogen and oxygen atoms in total. The molecular weight excluding hydrogens is 373 g/mol. The molecule has 0 radical (unpaired) electrons. The third-order valence-corrected chi connectivity index (χ3v) is 4.96. The molecule has 0 spiro atoms. The monoisotopic (exact) mass is 377 g/mol. The van der Waals surface area contributed by atoms with E-state index < -0.39 is 0 Å². The minimum Gasteiger partial charge on any atom is -0.192 e. The summed E-state index contributed by atoms with van der Waals surface area (Å²) in [4.78, 5) is 1.12. The quantitative estimate of drug-likeness (QED) is 0.537. The molecule has 14 heavy (non-hydrogen) atoms. The van der Waals surface area contributed by atoms with Gasteiger partial charge in [-0.25, -0.2) is 0 Å². The van der Waals surface area contributed by atoms with Crippen LogP contribution in [0, 0.1) is 14.9 Å². The van der Waals surface area contributed by atoms with Crippen LogP contribution in [0.25, 0.3) is 10.1 Å². The molecule has 2 rings (SSSR count). The van der Waals surface area contributed by atoms with Gasteiger partial charge in [-0.1, -0.05) is 22.0 Å². The zero-order valence-corrected chi connectivity index (χ0v) is 11.6. The van der Waals surface area contributed by atoms with E-state index in [1.807, 2.05) is 12.1 Å². The zero-order valence-electron chi connectivity index (χ0n) is 7.05. The Balaban J connectivity index is 2.90. The maximum atomic E-state index is 9.09. The minimum absolute atomic E-state index is 0.755. The van der Waals surface area contributed by atoms with Crippen molar-refractivity contribution in [2.24, 2.45) is 0 Å². The lowest BCUT2D eigenvalue weighted by molar-refractivity contribution is 1.47. The first-order valence-electron chi connectivity index (χ1n) is 3.94. The van der Waals surface area contributed by atoms with Gasteiger partial charge in [0.05, 0.1) is 5.56 Å². The molecule has 0 aliphatic carbocycles. The Morgan fingerprint density at radius 1 is 1.50 bits per heavy atom. The number of thiophene rings is 1. The number of rotatable bonds is 1. The Kier molecular flexibility index (Phi) is 3.10. The molecule has 1 aromatic carbocycles. The Hall–Kier alpha value is -0.120. The highest BCUT2D eigenvalue weighted by Crippen LogP contribution is 2.34. The number of halogens is 2. The first-order chi connectivity index (χ1) is 6.77. The topological polar surface area (TPSA) is 23.8 Å². The van der Waals surface area contributed by atoms with Crippen LogP contribution in [-0.2, 0) is 5.33 Å². The van der Waals surface area contributed by atoms with Crippen LogP contribution < -0.4 is 0 Å². The summed E-state index contributed by atoms with van der Waals surface area (Å²) in [5.41, 5.74) is 0.826. The lowest BCUT2D eigenvalue weighted by atomic mass is 10.1. The summed E-state index contributed by atoms with van der Waals surface area (Å²) < 4.78 is 2.35. The SMILES string of the molecule is N#Cc1c(CBr)sc2cccc(I)c12. The van der Waals surface area contributed by atoms with Gasteiger partial charge in [-0.15, -0.1) is 11.3 Å². The van der Waals surface area contributed by atoms with Crippen molar-refractivity contribution in [3.8, 4) is 6.07 Å². The molecule has 0 bridgehead atoms. The van der Waals surface area contributed by atoms with Crippen molar-refractivity contribution < 1.29 is 0 Å². The molecular formula is C10H5BrINS. The molecule has 0 N–H and O–H groups in total. The molecule has 0 amide bonds. The van der Waals surface area contributed by atoms with Gasteiger partial charge >= 0.3 is 0 Å². The van der Waals surface area contributed by atoms with Crippen molar-refractivity contribution in [2.75, 3.05) is 0 Å². The van der Waals surface area contributed by atoms with Gasteiger partial charge in [0.1, 0.15) is 6.07 Å². The summed E-state index contributed by atoms with van der Waals surface area (Å²) in [6, 6.07) is 8.41. The van der Waals surface area contributed by atoms with Crippen molar-refractivity contribution in [3.05, 3.63) is 32.2 Å². The first kappa shape index (κ1) is 10.4. The molecule has 0 fully saturated rings. The van der Waals surface area contributed by atoms with Crippen LogP contribution >= 0.6 is 49.9 Å². The molecule has 1 aromatic heterocycles. The fraction of sp³-hybridized carbons (Fsp3) is 0.100. The highest BCUT2D eigenvalue weighted by atomic mass is 127. The van der Waals surface area contributed by atoms with Crippen molar-refractivity contribution >= 4 is 59.9 Å². The van der Waals surface area contributed by atoms with Gasteiger partial charge in [0.2, 0.25) is 0 Å². The largest absolute Gasteiger partial charge is 0.192 e. The van der Waals surface area contributed by atoms with Crippen molar-refractivity contribution in [3.63, 3.8) is 0 Å². The number of alkyl halides is 1. The maximum absolute atomic E-state index is 9.09. The summed E-state index contributed by atoms with van der Waals surface area (Å²) >= 11 is 7.37. The van der Waals surface area contributed by atoms with Gasteiger partial charge in [-0.3, -0.25) is 0 Å². The van der Waals surface area contributed by atoms with Gasteiger partial charge in [0.25, 0.3) is 0 Å². The fourth-order valence-electron chi connectivity index (χ4n) is 1.37. The molecule has 4 heteroatoms. The third kappa shape index (κ3) is 1.58. The van der Waals surface area contributed by atoms with E-state index in [1.165, 1.54) is 4.70 Å². The second-order valence-corrected chi connectivity index (χ2v) is 5.62. The van der Waals surface area contributed by atoms with Crippen molar-refractivity contribution in [1.82, 2.24) is 0 Å². The first-order valence-corrected chi connectivity index (χ1v) is 6.95. The van der Waals surface area contributed by atoms with Crippen molar-refractivity contribution in [2.45, 2.75) is 5.33 Å². The van der Waals surface area contributed by atoms with Gasteiger partial charge in [0, 0.05) is 23.9 Å². The summed E-state index contributed by atoms with van der Waals surface area (Å²) in [6.07, 6.45) is 0. The van der Waals surface area contributed by atoms with E-state index in [9.17, 15) is 0 Å². The smallest absolute Gasteiger partial charge is 0.101 e. The Morgan fingerprint density at radius 2 is 2.29 bits per heavy atom. The summed E-state index contributed by atoms with van der Waals surface area (Å²) in [5, 5.41) is 11.0. The second kappa shape index (κ2) is 4.17. The number of benzene rings is 1. The zero-order chi connectivity index (χ0) is 10.1. The average Bonchev–Trinajstić information content (AvgIpc) is 2.56. The van der Waals surface area contributed by atoms with Crippen LogP contribution in [-0.4, -0.2) is 0 Å². The average molecular weight is 378 g/mol. The third-order valence-electron chi connectivity index (χ3n) is 1.97. The van der Waals surface area contributed by atoms with E-state index in [2.05, 4.69) is 50.7 Å². The number of nitriles is 1. The van der Waals surface area contributed by atoms with Crippen LogP contribution in [0.4, 0.5) is 0 Å². The van der Waals surface area contributed by atoms with Crippen LogP contribution in [0.2, 0.25) is 0 Å². The van der Waals surface area contributed by atoms with E-state index in [0.717, 1.165) is 24.7 Å². The molecule has 0 atom stereocenters. The lowest BCUT2D eigenvalue weighted by Crippen LogP contribution is -1.79. The highest BCUT2D eigenvalue weighted by Gasteiger charge is 2.12. The van der Waals surface area contributed by atoms with Crippen molar-refractivity contribution in [1.29, 1.82) is 5.26 Å². The van der Waals surface area contributed by atoms with Gasteiger partial charge in [-0.2, -0.15) is 5.26 Å². The van der Waals surface area contributed by atoms with Crippen LogP contribution in [0.3, 0.4) is 0 Å². The van der Waals surface area contributed by atoms with E-state index in [0.29, 0.717) is 0 Å². The minimum atomic E-state index is 0.755. The number of hydrogen-bond donors (Lipinski definition) is 0. The summed E-state index contributed by atoms with van der Waals surface area (Å²) in [7, 11) is 0. The van der Waals surface area contributed by atoms with Gasteiger partial charge < -0.3 is 0 Å². The van der Waals surface area contributed by atoms with Crippen LogP contribution in [0.1, 0.15) is 10.4 Å². The number of hydrogen-bond acceptors (Lipinski definition) is 2. The predicted molar refractivity (Wildman–Crippen MR) is 71.9 cm³/mol.